The molecule has 3 heterocycles. The van der Waals surface area contributed by atoms with Crippen LogP contribution in [0, 0.1) is 0 Å². The van der Waals surface area contributed by atoms with Crippen LogP contribution < -0.4 is 19.5 Å². The minimum Gasteiger partial charge on any atom is -0.494 e. The summed E-state index contributed by atoms with van der Waals surface area (Å²) in [5.74, 6) is -1.22. The van der Waals surface area contributed by atoms with Crippen molar-refractivity contribution in [3.63, 3.8) is 0 Å². The molecule has 0 unspecified atom stereocenters. The van der Waals surface area contributed by atoms with Crippen molar-refractivity contribution in [3.8, 4) is 11.5 Å². The number of hydrogen-bond acceptors (Lipinski definition) is 10. The topological polar surface area (TPSA) is 132 Å². The van der Waals surface area contributed by atoms with Gasteiger partial charge >= 0.3 is 12.3 Å². The van der Waals surface area contributed by atoms with Crippen LogP contribution in [0.4, 0.5) is 18.0 Å². The number of carbonyl (C=O) groups excluding carboxylic acids is 3. The summed E-state index contributed by atoms with van der Waals surface area (Å²) < 4.78 is 59.3. The highest BCUT2D eigenvalue weighted by atomic mass is 35.5. The minimum absolute atomic E-state index is 0.00666. The second-order valence-corrected chi connectivity index (χ2v) is 12.2. The second-order valence-electron chi connectivity index (χ2n) is 11.0. The first-order valence-electron chi connectivity index (χ1n) is 14.1. The Balaban J connectivity index is 1.58. The predicted octanol–water partition coefficient (Wildman–Crippen LogP) is 6.07. The Morgan fingerprint density at radius 2 is 1.87 bits per heavy atom. The van der Waals surface area contributed by atoms with Crippen molar-refractivity contribution in [2.24, 2.45) is 0 Å². The molecular formula is C31H31ClF3N5O6S. The van der Waals surface area contributed by atoms with Crippen LogP contribution in [0.1, 0.15) is 44.0 Å². The highest BCUT2D eigenvalue weighted by Crippen LogP contribution is 2.35. The Morgan fingerprint density at radius 3 is 2.57 bits per heavy atom. The van der Waals surface area contributed by atoms with Crippen molar-refractivity contribution in [1.82, 2.24) is 24.9 Å². The lowest BCUT2D eigenvalue weighted by Gasteiger charge is -2.31. The lowest BCUT2D eigenvalue weighted by molar-refractivity contribution is -0.139. The van der Waals surface area contributed by atoms with E-state index < -0.39 is 41.9 Å². The van der Waals surface area contributed by atoms with Crippen LogP contribution in [0.2, 0.25) is 5.02 Å². The Morgan fingerprint density at radius 1 is 1.11 bits per heavy atom. The molecule has 3 amide bonds. The number of amides is 3. The number of nitrogens with one attached hydrogen (secondary N) is 2. The summed E-state index contributed by atoms with van der Waals surface area (Å²) in [5.41, 5.74) is -1.77. The Labute approximate surface area is 278 Å². The molecule has 16 heteroatoms. The summed E-state index contributed by atoms with van der Waals surface area (Å²) >= 11 is 7.06. The SMILES string of the molecule is COc1c(Cl)cccc1SNC(=O)C1=C(NCc2ccncc2OCc2ncccc2C(F)(F)F)CCN(C(=O)OC(C)(C)C)C1=O. The Bertz CT molecular complexity index is 1680. The lowest BCUT2D eigenvalue weighted by atomic mass is 10.0. The van der Waals surface area contributed by atoms with E-state index in [-0.39, 0.29) is 42.2 Å². The van der Waals surface area contributed by atoms with E-state index in [0.717, 1.165) is 22.9 Å². The van der Waals surface area contributed by atoms with Crippen LogP contribution in [0.3, 0.4) is 0 Å². The molecule has 0 aliphatic carbocycles. The van der Waals surface area contributed by atoms with Gasteiger partial charge in [0.2, 0.25) is 0 Å². The quantitative estimate of drug-likeness (QED) is 0.191. The Kier molecular flexibility index (Phi) is 11.2. The molecule has 47 heavy (non-hydrogen) atoms. The van der Waals surface area contributed by atoms with Crippen molar-refractivity contribution in [2.45, 2.75) is 57.0 Å². The molecule has 3 aromatic rings. The third-order valence-electron chi connectivity index (χ3n) is 6.50. The van der Waals surface area contributed by atoms with Crippen LogP contribution in [0.25, 0.3) is 0 Å². The van der Waals surface area contributed by atoms with Gasteiger partial charge in [-0.2, -0.15) is 13.2 Å². The summed E-state index contributed by atoms with van der Waals surface area (Å²) in [6, 6.07) is 8.61. The van der Waals surface area contributed by atoms with Gasteiger partial charge in [0, 0.05) is 43.2 Å². The van der Waals surface area contributed by atoms with Crippen molar-refractivity contribution in [1.29, 1.82) is 0 Å². The van der Waals surface area contributed by atoms with Crippen LogP contribution in [-0.2, 0) is 33.7 Å². The van der Waals surface area contributed by atoms with Gasteiger partial charge in [-0.15, -0.1) is 0 Å². The van der Waals surface area contributed by atoms with E-state index in [1.807, 2.05) is 0 Å². The van der Waals surface area contributed by atoms with Gasteiger partial charge in [-0.1, -0.05) is 17.7 Å². The summed E-state index contributed by atoms with van der Waals surface area (Å²) in [6.45, 7) is 4.37. The number of nitrogens with zero attached hydrogens (tertiary/aromatic N) is 3. The Hall–Kier alpha value is -4.50. The zero-order valence-electron chi connectivity index (χ0n) is 25.7. The van der Waals surface area contributed by atoms with E-state index in [1.54, 1.807) is 45.0 Å². The van der Waals surface area contributed by atoms with Gasteiger partial charge in [0.25, 0.3) is 11.8 Å². The van der Waals surface area contributed by atoms with E-state index in [9.17, 15) is 27.6 Å². The molecule has 0 saturated carbocycles. The molecule has 0 saturated heterocycles. The van der Waals surface area contributed by atoms with Crippen LogP contribution in [0.15, 0.2) is 71.2 Å². The zero-order valence-corrected chi connectivity index (χ0v) is 27.3. The summed E-state index contributed by atoms with van der Waals surface area (Å²) in [6.07, 6.45) is -1.43. The van der Waals surface area contributed by atoms with E-state index >= 15 is 0 Å². The number of hydrogen-bond donors (Lipinski definition) is 2. The van der Waals surface area contributed by atoms with Crippen molar-refractivity contribution in [2.75, 3.05) is 13.7 Å². The fourth-order valence-corrected chi connectivity index (χ4v) is 5.43. The van der Waals surface area contributed by atoms with Gasteiger partial charge in [-0.3, -0.25) is 24.3 Å². The number of carbonyl (C=O) groups is 3. The monoisotopic (exact) mass is 693 g/mol. The van der Waals surface area contributed by atoms with Gasteiger partial charge in [0.15, 0.2) is 5.75 Å². The maximum absolute atomic E-state index is 13.6. The van der Waals surface area contributed by atoms with E-state index in [0.29, 0.717) is 21.2 Å². The number of halogens is 4. The third kappa shape index (κ3) is 9.07. The molecule has 1 aliphatic rings. The zero-order chi connectivity index (χ0) is 34.4. The molecule has 0 radical (unpaired) electrons. The maximum atomic E-state index is 13.6. The standard InChI is InChI=1S/C31H31ClF3N5O6S/c1-30(2,3)46-29(43)40-14-11-21(25(28(40)42)27(41)39-47-24-9-5-8-20(32)26(24)44-4)38-15-18-10-13-36-16-23(18)45-17-22-19(31(33,34)35)7-6-12-37-22/h5-10,12-13,16,38H,11,14-15,17H2,1-4H3,(H,39,41). The summed E-state index contributed by atoms with van der Waals surface area (Å²) in [5, 5.41) is 3.38. The van der Waals surface area contributed by atoms with E-state index in [2.05, 4.69) is 20.0 Å². The third-order valence-corrected chi connectivity index (χ3v) is 7.62. The first kappa shape index (κ1) is 35.4. The molecule has 1 aliphatic heterocycles. The fraction of sp³-hybridized carbons (Fsp3) is 0.323. The lowest BCUT2D eigenvalue weighted by Crippen LogP contribution is -2.48. The van der Waals surface area contributed by atoms with Gasteiger partial charge < -0.3 is 19.5 Å². The molecule has 250 valence electrons. The molecule has 0 fully saturated rings. The van der Waals surface area contributed by atoms with Crippen molar-refractivity contribution in [3.05, 3.63) is 88.1 Å². The maximum Gasteiger partial charge on any atom is 0.418 e. The average molecular weight is 694 g/mol. The molecule has 4 rings (SSSR count). The number of para-hydroxylation sites is 1. The van der Waals surface area contributed by atoms with Crippen LogP contribution in [0.5, 0.6) is 11.5 Å². The smallest absolute Gasteiger partial charge is 0.418 e. The fourth-order valence-electron chi connectivity index (χ4n) is 4.38. The van der Waals surface area contributed by atoms with Crippen LogP contribution in [-0.4, -0.2) is 52.0 Å². The highest BCUT2D eigenvalue weighted by molar-refractivity contribution is 7.98. The first-order valence-corrected chi connectivity index (χ1v) is 15.3. The number of methoxy groups -OCH3 is 1. The number of pyridine rings is 2. The minimum atomic E-state index is -4.62. The van der Waals surface area contributed by atoms with E-state index in [1.165, 1.54) is 31.8 Å². The summed E-state index contributed by atoms with van der Waals surface area (Å²) in [4.78, 5) is 49.2. The number of rotatable bonds is 10. The second kappa shape index (κ2) is 14.9. The van der Waals surface area contributed by atoms with Crippen molar-refractivity contribution >= 4 is 41.5 Å². The molecule has 0 atom stereocenters. The number of aromatic nitrogens is 2. The molecule has 2 N–H and O–H groups in total. The summed E-state index contributed by atoms with van der Waals surface area (Å²) in [7, 11) is 1.42. The molecular weight excluding hydrogens is 663 g/mol. The van der Waals surface area contributed by atoms with E-state index in [4.69, 9.17) is 25.8 Å². The van der Waals surface area contributed by atoms with Crippen LogP contribution >= 0.6 is 23.5 Å². The number of ether oxygens (including phenoxy) is 3. The first-order chi connectivity index (χ1) is 22.2. The average Bonchev–Trinajstić information content (AvgIpc) is 3.00. The van der Waals surface area contributed by atoms with Gasteiger partial charge in [0.1, 0.15) is 23.5 Å². The normalized spacial score (nSPS) is 13.7. The van der Waals surface area contributed by atoms with Gasteiger partial charge in [0.05, 0.1) is 34.5 Å². The molecule has 0 spiro atoms. The van der Waals surface area contributed by atoms with Crippen molar-refractivity contribution < 1.29 is 41.8 Å². The van der Waals surface area contributed by atoms with Gasteiger partial charge in [-0.25, -0.2) is 9.69 Å². The number of alkyl halides is 3. The molecule has 2 aromatic heterocycles. The molecule has 0 bridgehead atoms. The highest BCUT2D eigenvalue weighted by Gasteiger charge is 2.38. The van der Waals surface area contributed by atoms with Gasteiger partial charge in [-0.05, 0) is 63.1 Å². The largest absolute Gasteiger partial charge is 0.494 e. The molecule has 1 aromatic carbocycles. The predicted molar refractivity (Wildman–Crippen MR) is 166 cm³/mol. The number of benzene rings is 1. The molecule has 11 nitrogen and oxygen atoms in total. The number of imide groups is 1.